The van der Waals surface area contributed by atoms with Crippen LogP contribution < -0.4 is 15.8 Å². The van der Waals surface area contributed by atoms with Crippen LogP contribution in [-0.4, -0.2) is 63.9 Å². The summed E-state index contributed by atoms with van der Waals surface area (Å²) in [6, 6.07) is 6.83. The number of halogens is 1. The topological polar surface area (TPSA) is 106 Å². The number of H-pyrrole nitrogens is 1. The zero-order valence-electron chi connectivity index (χ0n) is 20.0. The Labute approximate surface area is 208 Å². The molecule has 2 aromatic heterocycles. The van der Waals surface area contributed by atoms with Gasteiger partial charge in [0.15, 0.2) is 0 Å². The Morgan fingerprint density at radius 2 is 1.92 bits per heavy atom. The second-order valence-electron chi connectivity index (χ2n) is 10.1. The Morgan fingerprint density at radius 1 is 1.08 bits per heavy atom. The number of pyridine rings is 1. The maximum absolute atomic E-state index is 14.8. The van der Waals surface area contributed by atoms with Crippen LogP contribution >= 0.6 is 0 Å². The fraction of sp³-hybridized carbons (Fsp3) is 0.462. The third-order valence-corrected chi connectivity index (χ3v) is 7.95. The van der Waals surface area contributed by atoms with E-state index in [0.717, 1.165) is 48.1 Å². The zero-order chi connectivity index (χ0) is 24.6. The number of hydrazine groups is 1. The normalized spacial score (nSPS) is 24.5. The van der Waals surface area contributed by atoms with Gasteiger partial charge in [-0.3, -0.25) is 15.0 Å². The van der Waals surface area contributed by atoms with Gasteiger partial charge in [0.2, 0.25) is 5.91 Å². The highest BCUT2D eigenvalue weighted by atomic mass is 19.1. The Balaban J connectivity index is 1.13. The van der Waals surface area contributed by atoms with Crippen molar-refractivity contribution in [3.8, 4) is 0 Å². The van der Waals surface area contributed by atoms with E-state index in [1.54, 1.807) is 29.6 Å². The summed E-state index contributed by atoms with van der Waals surface area (Å²) < 4.78 is 14.8. The van der Waals surface area contributed by atoms with Gasteiger partial charge in [0.05, 0.1) is 29.1 Å². The predicted molar refractivity (Wildman–Crippen MR) is 133 cm³/mol. The molecule has 2 aliphatic heterocycles. The van der Waals surface area contributed by atoms with Gasteiger partial charge in [0, 0.05) is 44.2 Å². The maximum Gasteiger partial charge on any atom is 0.256 e. The summed E-state index contributed by atoms with van der Waals surface area (Å²) >= 11 is 0. The largest absolute Gasteiger partial charge is 0.353 e. The number of piperazine rings is 1. The highest BCUT2D eigenvalue weighted by Crippen LogP contribution is 2.35. The second kappa shape index (κ2) is 9.50. The van der Waals surface area contributed by atoms with Gasteiger partial charge in [-0.05, 0) is 42.9 Å². The number of fused-ring (bicyclic) bond motifs is 2. The summed E-state index contributed by atoms with van der Waals surface area (Å²) in [5.41, 5.74) is 8.73. The third-order valence-electron chi connectivity index (χ3n) is 7.95. The number of anilines is 1. The molecule has 2 amide bonds. The number of benzene rings is 1. The van der Waals surface area contributed by atoms with Crippen LogP contribution in [0.4, 0.5) is 10.2 Å². The van der Waals surface area contributed by atoms with Gasteiger partial charge in [-0.25, -0.2) is 19.8 Å². The van der Waals surface area contributed by atoms with E-state index in [-0.39, 0.29) is 35.3 Å². The second-order valence-corrected chi connectivity index (χ2v) is 10.1. The van der Waals surface area contributed by atoms with E-state index >= 15 is 0 Å². The summed E-state index contributed by atoms with van der Waals surface area (Å²) in [6.07, 6.45) is 8.17. The van der Waals surface area contributed by atoms with E-state index in [1.807, 2.05) is 6.07 Å². The molecule has 188 valence electrons. The van der Waals surface area contributed by atoms with Crippen LogP contribution in [0.1, 0.15) is 41.6 Å². The van der Waals surface area contributed by atoms with Gasteiger partial charge in [-0.1, -0.05) is 18.9 Å². The Bertz CT molecular complexity index is 1290. The molecule has 1 aromatic carbocycles. The van der Waals surface area contributed by atoms with E-state index in [4.69, 9.17) is 0 Å². The molecule has 10 heteroatoms. The van der Waals surface area contributed by atoms with Crippen molar-refractivity contribution in [2.24, 2.45) is 11.8 Å². The molecule has 3 fully saturated rings. The molecule has 1 aliphatic carbocycles. The molecular weight excluding hydrogens is 461 g/mol. The van der Waals surface area contributed by atoms with Crippen LogP contribution in [0.3, 0.4) is 0 Å². The molecule has 9 nitrogen and oxygen atoms in total. The average molecular weight is 492 g/mol. The molecule has 6 rings (SSSR count). The molecule has 3 aliphatic rings. The number of nitrogens with one attached hydrogen (secondary N) is 3. The van der Waals surface area contributed by atoms with E-state index in [0.29, 0.717) is 32.6 Å². The lowest BCUT2D eigenvalue weighted by molar-refractivity contribution is -0.133. The Kier molecular flexibility index (Phi) is 6.04. The van der Waals surface area contributed by atoms with Crippen LogP contribution in [0, 0.1) is 17.7 Å². The molecule has 0 bridgehead atoms. The summed E-state index contributed by atoms with van der Waals surface area (Å²) in [5, 5.41) is 0. The lowest BCUT2D eigenvalue weighted by atomic mass is 9.72. The van der Waals surface area contributed by atoms with Crippen LogP contribution in [0.2, 0.25) is 0 Å². The maximum atomic E-state index is 14.8. The molecule has 0 radical (unpaired) electrons. The van der Waals surface area contributed by atoms with Crippen molar-refractivity contribution in [3.05, 3.63) is 53.7 Å². The molecule has 3 N–H and O–H groups in total. The molecular formula is C26H30FN7O2. The first-order valence-corrected chi connectivity index (χ1v) is 12.7. The average Bonchev–Trinajstić information content (AvgIpc) is 3.39. The number of nitrogens with zero attached hydrogens (tertiary/aromatic N) is 4. The number of carbonyl (C=O) groups excluding carboxylic acids is 2. The highest BCUT2D eigenvalue weighted by Gasteiger charge is 2.40. The first kappa shape index (κ1) is 22.9. The minimum absolute atomic E-state index is 0.0334. The number of imidazole rings is 1. The lowest BCUT2D eigenvalue weighted by Crippen LogP contribution is -2.60. The number of rotatable bonds is 4. The fourth-order valence-electron chi connectivity index (χ4n) is 5.96. The van der Waals surface area contributed by atoms with Gasteiger partial charge in [0.25, 0.3) is 5.91 Å². The van der Waals surface area contributed by atoms with Crippen molar-refractivity contribution in [2.75, 3.05) is 31.1 Å². The number of hydrogen-bond acceptors (Lipinski definition) is 6. The fourth-order valence-corrected chi connectivity index (χ4v) is 5.96. The van der Waals surface area contributed by atoms with Crippen LogP contribution in [0.25, 0.3) is 11.0 Å². The highest BCUT2D eigenvalue weighted by molar-refractivity contribution is 5.95. The Hall–Kier alpha value is -3.53. The van der Waals surface area contributed by atoms with Crippen molar-refractivity contribution in [3.63, 3.8) is 0 Å². The molecule has 4 heterocycles. The van der Waals surface area contributed by atoms with Gasteiger partial charge in [0.1, 0.15) is 11.6 Å². The smallest absolute Gasteiger partial charge is 0.256 e. The number of aromatic amines is 1. The van der Waals surface area contributed by atoms with Crippen molar-refractivity contribution >= 4 is 28.7 Å². The molecule has 3 aromatic rings. The van der Waals surface area contributed by atoms with Gasteiger partial charge < -0.3 is 14.8 Å². The number of amides is 2. The molecule has 2 saturated heterocycles. The third kappa shape index (κ3) is 4.30. The van der Waals surface area contributed by atoms with E-state index in [9.17, 15) is 14.0 Å². The summed E-state index contributed by atoms with van der Waals surface area (Å²) in [4.78, 5) is 41.2. The molecule has 36 heavy (non-hydrogen) atoms. The molecule has 3 unspecified atom stereocenters. The first-order valence-electron chi connectivity index (χ1n) is 12.7. The van der Waals surface area contributed by atoms with Crippen molar-refractivity contribution in [2.45, 2.75) is 38.1 Å². The van der Waals surface area contributed by atoms with Gasteiger partial charge >= 0.3 is 0 Å². The van der Waals surface area contributed by atoms with Crippen molar-refractivity contribution < 1.29 is 14.0 Å². The lowest BCUT2D eigenvalue weighted by Gasteiger charge is -2.41. The van der Waals surface area contributed by atoms with E-state index in [2.05, 4.69) is 30.7 Å². The summed E-state index contributed by atoms with van der Waals surface area (Å²) in [5.74, 6) is 0.403. The molecule has 3 atom stereocenters. The molecule has 0 spiro atoms. The first-order chi connectivity index (χ1) is 17.6. The SMILES string of the molecule is O=C1NNC(Cc2ccc(F)c(C(=O)N3CCN(c4cc5nc[nH]c5cn4)CC3)c2)C2CCCCC12. The van der Waals surface area contributed by atoms with Crippen LogP contribution in [-0.2, 0) is 11.2 Å². The Morgan fingerprint density at radius 3 is 2.78 bits per heavy atom. The van der Waals surface area contributed by atoms with Crippen molar-refractivity contribution in [1.29, 1.82) is 0 Å². The number of aromatic nitrogens is 3. The summed E-state index contributed by atoms with van der Waals surface area (Å²) in [6.45, 7) is 2.21. The van der Waals surface area contributed by atoms with Crippen LogP contribution in [0.15, 0.2) is 36.8 Å². The van der Waals surface area contributed by atoms with E-state index < -0.39 is 5.82 Å². The predicted octanol–water partition coefficient (Wildman–Crippen LogP) is 2.41. The monoisotopic (exact) mass is 491 g/mol. The summed E-state index contributed by atoms with van der Waals surface area (Å²) in [7, 11) is 0. The number of hydrogen-bond donors (Lipinski definition) is 3. The minimum Gasteiger partial charge on any atom is -0.353 e. The van der Waals surface area contributed by atoms with Gasteiger partial charge in [-0.15, -0.1) is 0 Å². The minimum atomic E-state index is -0.503. The zero-order valence-corrected chi connectivity index (χ0v) is 20.0. The van der Waals surface area contributed by atoms with Crippen molar-refractivity contribution in [1.82, 2.24) is 30.7 Å². The molecule has 1 saturated carbocycles. The number of carbonyl (C=O) groups is 2. The standard InChI is InChI=1S/C26H30FN7O2/c27-20-6-5-16(12-21-17-3-1-2-4-18(17)25(35)32-31-21)11-19(20)26(36)34-9-7-33(8-10-34)24-13-22-23(14-28-24)30-15-29-22/h5-6,11,13-15,17-18,21,31H,1-4,7-10,12H2,(H,29,30)(H,32,35). The van der Waals surface area contributed by atoms with Gasteiger partial charge in [-0.2, -0.15) is 0 Å². The quantitative estimate of drug-likeness (QED) is 0.518. The van der Waals surface area contributed by atoms with E-state index in [1.165, 1.54) is 6.07 Å². The van der Waals surface area contributed by atoms with Crippen LogP contribution in [0.5, 0.6) is 0 Å².